The van der Waals surface area contributed by atoms with E-state index in [4.69, 9.17) is 4.55 Å². The van der Waals surface area contributed by atoms with E-state index >= 15 is 0 Å². The number of azo groups is 3. The van der Waals surface area contributed by atoms with Gasteiger partial charge in [0.15, 0.2) is 27.0 Å². The predicted molar refractivity (Wildman–Crippen MR) is 166 cm³/mol. The van der Waals surface area contributed by atoms with Crippen molar-refractivity contribution < 1.29 is 67.8 Å². The van der Waals surface area contributed by atoms with Gasteiger partial charge in [-0.2, -0.15) is 18.6 Å². The van der Waals surface area contributed by atoms with Gasteiger partial charge in [0.05, 0.1) is 44.5 Å². The van der Waals surface area contributed by atoms with Gasteiger partial charge in [0.2, 0.25) is 0 Å². The Morgan fingerprint density at radius 1 is 0.640 bits per heavy atom. The number of non-ortho nitro benzene ring substituents is 2. The first-order valence-corrected chi connectivity index (χ1v) is 16.1. The van der Waals surface area contributed by atoms with Crippen LogP contribution >= 0.6 is 0 Å². The fourth-order valence-electron chi connectivity index (χ4n) is 3.63. The average molecular weight is 772 g/mol. The first-order chi connectivity index (χ1) is 23.0. The van der Waals surface area contributed by atoms with Gasteiger partial charge < -0.3 is 15.3 Å². The Hall–Kier alpha value is -5.78. The maximum atomic E-state index is 12.4. The molecule has 262 valence electrons. The third-order valence-electron chi connectivity index (χ3n) is 6.02. The molecule has 0 aliphatic carbocycles. The van der Waals surface area contributed by atoms with Gasteiger partial charge in [-0.25, -0.2) is 12.6 Å². The molecule has 24 heteroatoms. The molecule has 0 aromatic heterocycles. The monoisotopic (exact) mass is 772 g/mol. The third-order valence-corrected chi connectivity index (χ3v) is 8.18. The number of nitro benzene ring substituents is 2. The summed E-state index contributed by atoms with van der Waals surface area (Å²) in [6, 6.07) is 13.4. The molecule has 0 aliphatic rings. The minimum absolute atomic E-state index is 0. The standard InChI is InChI=1S/C26H20N8O13S2.Fe/c35-23-13-18(34(40)41)7-10-20(23)29-32-24-25(36)21(30-27-15-1-5-17(6-2-15)33(38)39)14-22(26(24)37)31-28-16-3-8-19(9-4-16)48(42,43)12-11-47-49(44,45)46;/h1-10,13-14,35-37H,11-12H2,(H,44,45,46);. The molecular weight excluding hydrogens is 752 g/mol. The van der Waals surface area contributed by atoms with Crippen molar-refractivity contribution in [3.8, 4) is 17.2 Å². The smallest absolute Gasteiger partial charge is 0.397 e. The molecule has 0 saturated heterocycles. The Morgan fingerprint density at radius 2 is 1.12 bits per heavy atom. The van der Waals surface area contributed by atoms with Crippen LogP contribution in [0.1, 0.15) is 0 Å². The van der Waals surface area contributed by atoms with E-state index in [9.17, 15) is 52.4 Å². The molecule has 0 radical (unpaired) electrons. The SMILES string of the molecule is O=[N+]([O-])c1ccc(N=Nc2cc(N=Nc3ccc(S(=O)(=O)CCOS(=O)(=O)O)cc3)c(O)c(N=Nc3ccc([N+](=O)[O-])cc3O)c2O)cc1.[Fe]. The first-order valence-electron chi connectivity index (χ1n) is 13.0. The number of hydrogen-bond acceptors (Lipinski definition) is 18. The Morgan fingerprint density at radius 3 is 1.60 bits per heavy atom. The zero-order valence-electron chi connectivity index (χ0n) is 24.6. The molecule has 4 N–H and O–H groups in total. The van der Waals surface area contributed by atoms with E-state index in [1.165, 1.54) is 24.3 Å². The van der Waals surface area contributed by atoms with Crippen LogP contribution in [0.5, 0.6) is 17.2 Å². The van der Waals surface area contributed by atoms with Crippen LogP contribution in [0.4, 0.5) is 45.5 Å². The number of nitro groups is 2. The van der Waals surface area contributed by atoms with Crippen LogP contribution in [0.25, 0.3) is 0 Å². The molecule has 0 spiro atoms. The van der Waals surface area contributed by atoms with Crippen LogP contribution < -0.4 is 0 Å². The second-order valence-corrected chi connectivity index (χ2v) is 12.5. The van der Waals surface area contributed by atoms with Crippen molar-refractivity contribution >= 4 is 65.7 Å². The van der Waals surface area contributed by atoms with Crippen LogP contribution in [0.2, 0.25) is 0 Å². The van der Waals surface area contributed by atoms with Gasteiger partial charge in [0.1, 0.15) is 22.8 Å². The second kappa shape index (κ2) is 16.1. The van der Waals surface area contributed by atoms with Crippen LogP contribution in [-0.4, -0.2) is 58.9 Å². The van der Waals surface area contributed by atoms with E-state index in [1.807, 2.05) is 0 Å². The number of sulfone groups is 1. The molecule has 50 heavy (non-hydrogen) atoms. The molecule has 0 saturated carbocycles. The largest absolute Gasteiger partial charge is 0.505 e. The van der Waals surface area contributed by atoms with Crippen molar-refractivity contribution in [2.24, 2.45) is 30.7 Å². The predicted octanol–water partition coefficient (Wildman–Crippen LogP) is 6.46. The topological polar surface area (TPSA) is 319 Å². The van der Waals surface area contributed by atoms with Gasteiger partial charge in [-0.05, 0) is 42.5 Å². The van der Waals surface area contributed by atoms with Gasteiger partial charge in [0.25, 0.3) is 11.4 Å². The quantitative estimate of drug-likeness (QED) is 0.0373. The van der Waals surface area contributed by atoms with E-state index in [2.05, 4.69) is 34.9 Å². The minimum Gasteiger partial charge on any atom is -0.505 e. The zero-order valence-corrected chi connectivity index (χ0v) is 27.3. The molecule has 0 aliphatic heterocycles. The van der Waals surface area contributed by atoms with E-state index in [-0.39, 0.29) is 56.1 Å². The van der Waals surface area contributed by atoms with E-state index in [0.29, 0.717) is 0 Å². The summed E-state index contributed by atoms with van der Waals surface area (Å²) in [5, 5.41) is 76.8. The maximum absolute atomic E-state index is 12.4. The normalized spacial score (nSPS) is 12.0. The summed E-state index contributed by atoms with van der Waals surface area (Å²) in [7, 11) is -8.87. The Bertz CT molecular complexity index is 2230. The summed E-state index contributed by atoms with van der Waals surface area (Å²) >= 11 is 0. The Balaban J connectivity index is 0.00000676. The number of benzene rings is 4. The van der Waals surface area contributed by atoms with Gasteiger partial charge in [-0.15, -0.1) is 20.5 Å². The Kier molecular flexibility index (Phi) is 12.4. The molecule has 4 rings (SSSR count). The van der Waals surface area contributed by atoms with Crippen molar-refractivity contribution in [2.45, 2.75) is 4.90 Å². The summed E-state index contributed by atoms with van der Waals surface area (Å²) < 4.78 is 58.8. The fraction of sp³-hybridized carbons (Fsp3) is 0.0769. The molecule has 4 aromatic rings. The number of aromatic hydroxyl groups is 3. The van der Waals surface area contributed by atoms with Gasteiger partial charge in [-0.3, -0.25) is 24.8 Å². The molecule has 0 fully saturated rings. The maximum Gasteiger partial charge on any atom is 0.397 e. The Labute approximate surface area is 291 Å². The van der Waals surface area contributed by atoms with Crippen LogP contribution in [0, 0.1) is 20.2 Å². The van der Waals surface area contributed by atoms with Gasteiger partial charge in [-0.1, -0.05) is 0 Å². The molecular formula is C26H20FeN8O13S2. The fourth-order valence-corrected chi connectivity index (χ4v) is 5.12. The summed E-state index contributed by atoms with van der Waals surface area (Å²) in [5.41, 5.74) is -2.17. The number of rotatable bonds is 13. The van der Waals surface area contributed by atoms with Crippen molar-refractivity contribution in [1.29, 1.82) is 0 Å². The molecule has 4 aromatic carbocycles. The van der Waals surface area contributed by atoms with Crippen molar-refractivity contribution in [1.82, 2.24) is 0 Å². The van der Waals surface area contributed by atoms with E-state index in [1.54, 1.807) is 0 Å². The van der Waals surface area contributed by atoms with Crippen LogP contribution in [-0.2, 0) is 41.5 Å². The van der Waals surface area contributed by atoms with Crippen LogP contribution in [0.15, 0.2) is 108 Å². The minimum atomic E-state index is -4.84. The summed E-state index contributed by atoms with van der Waals surface area (Å²) in [5.74, 6) is -3.03. The van der Waals surface area contributed by atoms with Gasteiger partial charge in [0, 0.05) is 41.3 Å². The summed E-state index contributed by atoms with van der Waals surface area (Å²) in [4.78, 5) is 20.2. The zero-order chi connectivity index (χ0) is 35.9. The molecule has 21 nitrogen and oxygen atoms in total. The summed E-state index contributed by atoms with van der Waals surface area (Å²) in [6.45, 7) is -0.837. The summed E-state index contributed by atoms with van der Waals surface area (Å²) in [6.07, 6.45) is 0. The molecule has 0 atom stereocenters. The van der Waals surface area contributed by atoms with E-state index in [0.717, 1.165) is 48.5 Å². The van der Waals surface area contributed by atoms with Crippen molar-refractivity contribution in [3.05, 3.63) is 93.0 Å². The molecule has 0 bridgehead atoms. The van der Waals surface area contributed by atoms with E-state index < -0.39 is 71.1 Å². The molecule has 0 amide bonds. The second-order valence-electron chi connectivity index (χ2n) is 9.33. The number of hydrogen-bond donors (Lipinski definition) is 4. The first kappa shape index (κ1) is 38.7. The molecule has 0 unspecified atom stereocenters. The average Bonchev–Trinajstić information content (AvgIpc) is 3.04. The third kappa shape index (κ3) is 10.1. The number of phenols is 3. The van der Waals surface area contributed by atoms with Crippen LogP contribution in [0.3, 0.4) is 0 Å². The van der Waals surface area contributed by atoms with Crippen molar-refractivity contribution in [2.75, 3.05) is 12.4 Å². The number of nitrogens with zero attached hydrogens (tertiary/aromatic N) is 8. The van der Waals surface area contributed by atoms with Gasteiger partial charge >= 0.3 is 10.4 Å². The number of phenolic OH excluding ortho intramolecular Hbond substituents is 3. The molecule has 0 heterocycles. The van der Waals surface area contributed by atoms with Crippen molar-refractivity contribution in [3.63, 3.8) is 0 Å².